The summed E-state index contributed by atoms with van der Waals surface area (Å²) >= 11 is 1.20. The molecule has 2 aromatic rings. The summed E-state index contributed by atoms with van der Waals surface area (Å²) in [5.74, 6) is -1.10. The molecule has 0 saturated carbocycles. The van der Waals surface area contributed by atoms with E-state index in [0.717, 1.165) is 0 Å². The molecule has 0 radical (unpaired) electrons. The van der Waals surface area contributed by atoms with Gasteiger partial charge in [-0.1, -0.05) is 0 Å². The summed E-state index contributed by atoms with van der Waals surface area (Å²) < 4.78 is 4.97. The van der Waals surface area contributed by atoms with Crippen molar-refractivity contribution in [3.63, 3.8) is 0 Å². The van der Waals surface area contributed by atoms with Gasteiger partial charge in [-0.25, -0.2) is 9.78 Å². The van der Waals surface area contributed by atoms with Crippen LogP contribution in [0.5, 0.6) is 5.75 Å². The minimum atomic E-state index is -1.14. The van der Waals surface area contributed by atoms with Crippen LogP contribution in [0.25, 0.3) is 0 Å². The maximum absolute atomic E-state index is 12.1. The number of aromatic carboxylic acids is 1. The number of aryl methyl sites for hydroxylation is 1. The summed E-state index contributed by atoms with van der Waals surface area (Å²) in [5, 5.41) is 11.7. The Balaban J connectivity index is 2.32. The number of hydrogen-bond donors (Lipinski definition) is 2. The zero-order valence-electron chi connectivity index (χ0n) is 10.8. The number of methoxy groups -OCH3 is 1. The van der Waals surface area contributed by atoms with Crippen LogP contribution < -0.4 is 10.1 Å². The quantitative estimate of drug-likeness (QED) is 0.903. The summed E-state index contributed by atoms with van der Waals surface area (Å²) in [6, 6.07) is 4.44. The number of nitrogens with one attached hydrogen (secondary N) is 1. The van der Waals surface area contributed by atoms with Gasteiger partial charge in [-0.05, 0) is 25.1 Å². The van der Waals surface area contributed by atoms with Crippen LogP contribution in [-0.4, -0.2) is 29.1 Å². The number of thiazole rings is 1. The number of carbonyl (C=O) groups is 2. The SMILES string of the molecule is COc1ccc(NC(=O)c2scnc2C)c(C(=O)O)c1. The van der Waals surface area contributed by atoms with Crippen molar-refractivity contribution in [2.75, 3.05) is 12.4 Å². The normalized spacial score (nSPS) is 10.1. The molecular weight excluding hydrogens is 280 g/mol. The van der Waals surface area contributed by atoms with E-state index in [9.17, 15) is 9.59 Å². The van der Waals surface area contributed by atoms with Crippen LogP contribution in [0.2, 0.25) is 0 Å². The Morgan fingerprint density at radius 3 is 2.70 bits per heavy atom. The number of hydrogen-bond acceptors (Lipinski definition) is 5. The van der Waals surface area contributed by atoms with E-state index >= 15 is 0 Å². The number of carbonyl (C=O) groups excluding carboxylic acids is 1. The Labute approximate surface area is 119 Å². The van der Waals surface area contributed by atoms with Gasteiger partial charge in [0.15, 0.2) is 0 Å². The summed E-state index contributed by atoms with van der Waals surface area (Å²) in [7, 11) is 1.44. The Morgan fingerprint density at radius 1 is 1.40 bits per heavy atom. The van der Waals surface area contributed by atoms with Crippen LogP contribution in [0.3, 0.4) is 0 Å². The van der Waals surface area contributed by atoms with Gasteiger partial charge >= 0.3 is 5.97 Å². The molecular formula is C13H12N2O4S. The van der Waals surface area contributed by atoms with Crippen molar-refractivity contribution in [2.45, 2.75) is 6.92 Å². The predicted molar refractivity (Wildman–Crippen MR) is 74.8 cm³/mol. The van der Waals surface area contributed by atoms with Crippen LogP contribution in [-0.2, 0) is 0 Å². The summed E-state index contributed by atoms with van der Waals surface area (Å²) in [5.41, 5.74) is 2.37. The standard InChI is InChI=1S/C13H12N2O4S/c1-7-11(20-6-14-7)12(16)15-10-4-3-8(19-2)5-9(10)13(17)18/h3-6H,1-2H3,(H,15,16)(H,17,18). The highest BCUT2D eigenvalue weighted by atomic mass is 32.1. The first kappa shape index (κ1) is 14.0. The van der Waals surface area contributed by atoms with Crippen LogP contribution in [0.4, 0.5) is 5.69 Å². The topological polar surface area (TPSA) is 88.5 Å². The number of amides is 1. The third-order valence-electron chi connectivity index (χ3n) is 2.66. The zero-order valence-corrected chi connectivity index (χ0v) is 11.7. The van der Waals surface area contributed by atoms with E-state index in [2.05, 4.69) is 10.3 Å². The number of anilines is 1. The number of carboxylic acid groups (broad SMARTS) is 1. The van der Waals surface area contributed by atoms with Crippen molar-refractivity contribution in [3.05, 3.63) is 39.8 Å². The minimum Gasteiger partial charge on any atom is -0.497 e. The van der Waals surface area contributed by atoms with E-state index in [1.807, 2.05) is 0 Å². The van der Waals surface area contributed by atoms with Crippen LogP contribution in [0.15, 0.2) is 23.7 Å². The molecule has 0 saturated heterocycles. The zero-order chi connectivity index (χ0) is 14.7. The van der Waals surface area contributed by atoms with Gasteiger partial charge in [-0.2, -0.15) is 0 Å². The summed E-state index contributed by atoms with van der Waals surface area (Å²) in [4.78, 5) is 27.7. The lowest BCUT2D eigenvalue weighted by Gasteiger charge is -2.09. The molecule has 7 heteroatoms. The molecule has 2 N–H and O–H groups in total. The number of aromatic nitrogens is 1. The molecule has 0 aliphatic rings. The van der Waals surface area contributed by atoms with Crippen molar-refractivity contribution in [3.8, 4) is 5.75 Å². The van der Waals surface area contributed by atoms with Crippen molar-refractivity contribution in [2.24, 2.45) is 0 Å². The first-order chi connectivity index (χ1) is 9.52. The highest BCUT2D eigenvalue weighted by Gasteiger charge is 2.17. The first-order valence-corrected chi connectivity index (χ1v) is 6.53. The number of carboxylic acids is 1. The van der Waals surface area contributed by atoms with Gasteiger partial charge in [0, 0.05) is 0 Å². The van der Waals surface area contributed by atoms with Gasteiger partial charge in [0.1, 0.15) is 10.6 Å². The van der Waals surface area contributed by atoms with Crippen LogP contribution in [0, 0.1) is 6.92 Å². The average Bonchev–Trinajstić information content (AvgIpc) is 2.85. The number of nitrogens with zero attached hydrogens (tertiary/aromatic N) is 1. The maximum atomic E-state index is 12.1. The van der Waals surface area contributed by atoms with E-state index in [1.54, 1.807) is 18.5 Å². The fourth-order valence-corrected chi connectivity index (χ4v) is 2.33. The lowest BCUT2D eigenvalue weighted by molar-refractivity contribution is 0.0697. The number of rotatable bonds is 4. The highest BCUT2D eigenvalue weighted by molar-refractivity contribution is 7.12. The van der Waals surface area contributed by atoms with Gasteiger partial charge in [0.25, 0.3) is 5.91 Å². The second-order valence-electron chi connectivity index (χ2n) is 3.94. The second-order valence-corrected chi connectivity index (χ2v) is 4.79. The smallest absolute Gasteiger partial charge is 0.337 e. The van der Waals surface area contributed by atoms with E-state index in [1.165, 1.54) is 30.6 Å². The van der Waals surface area contributed by atoms with Crippen LogP contribution in [0.1, 0.15) is 25.7 Å². The number of benzene rings is 1. The molecule has 0 fully saturated rings. The average molecular weight is 292 g/mol. The van der Waals surface area contributed by atoms with E-state index < -0.39 is 5.97 Å². The Hall–Kier alpha value is -2.41. The second kappa shape index (κ2) is 5.70. The van der Waals surface area contributed by atoms with Gasteiger partial charge in [-0.3, -0.25) is 4.79 Å². The molecule has 0 aliphatic carbocycles. The Morgan fingerprint density at radius 2 is 2.15 bits per heavy atom. The van der Waals surface area contributed by atoms with E-state index in [4.69, 9.17) is 9.84 Å². The predicted octanol–water partition coefficient (Wildman–Crippen LogP) is 2.41. The molecule has 1 aromatic heterocycles. The lowest BCUT2D eigenvalue weighted by atomic mass is 10.1. The van der Waals surface area contributed by atoms with Gasteiger partial charge < -0.3 is 15.2 Å². The first-order valence-electron chi connectivity index (χ1n) is 5.65. The number of ether oxygens (including phenoxy) is 1. The molecule has 0 unspecified atom stereocenters. The third kappa shape index (κ3) is 2.77. The maximum Gasteiger partial charge on any atom is 0.337 e. The summed E-state index contributed by atoms with van der Waals surface area (Å²) in [6.07, 6.45) is 0. The molecule has 0 bridgehead atoms. The molecule has 1 aromatic carbocycles. The highest BCUT2D eigenvalue weighted by Crippen LogP contribution is 2.23. The molecule has 0 aliphatic heterocycles. The van der Waals surface area contributed by atoms with Gasteiger partial charge in [0.05, 0.1) is 29.6 Å². The summed E-state index contributed by atoms with van der Waals surface area (Å²) in [6.45, 7) is 1.72. The minimum absolute atomic E-state index is 0.0279. The largest absolute Gasteiger partial charge is 0.497 e. The fraction of sp³-hybridized carbons (Fsp3) is 0.154. The van der Waals surface area contributed by atoms with Gasteiger partial charge in [-0.15, -0.1) is 11.3 Å². The molecule has 2 rings (SSSR count). The van der Waals surface area contributed by atoms with Gasteiger partial charge in [0.2, 0.25) is 0 Å². The Kier molecular flexibility index (Phi) is 3.99. The third-order valence-corrected chi connectivity index (χ3v) is 3.58. The van der Waals surface area contributed by atoms with Crippen molar-refractivity contribution in [1.82, 2.24) is 4.98 Å². The molecule has 0 spiro atoms. The fourth-order valence-electron chi connectivity index (χ4n) is 1.64. The molecule has 1 heterocycles. The molecule has 6 nitrogen and oxygen atoms in total. The van der Waals surface area contributed by atoms with E-state index in [0.29, 0.717) is 16.3 Å². The molecule has 0 atom stereocenters. The molecule has 104 valence electrons. The lowest BCUT2D eigenvalue weighted by Crippen LogP contribution is -2.14. The van der Waals surface area contributed by atoms with Crippen LogP contribution >= 0.6 is 11.3 Å². The van der Waals surface area contributed by atoms with Crippen molar-refractivity contribution < 1.29 is 19.4 Å². The monoisotopic (exact) mass is 292 g/mol. The van der Waals surface area contributed by atoms with E-state index in [-0.39, 0.29) is 17.2 Å². The molecule has 1 amide bonds. The molecule has 20 heavy (non-hydrogen) atoms. The van der Waals surface area contributed by atoms with Crippen molar-refractivity contribution >= 4 is 28.9 Å². The Bertz CT molecular complexity index is 666. The van der Waals surface area contributed by atoms with Crippen molar-refractivity contribution in [1.29, 1.82) is 0 Å².